The van der Waals surface area contributed by atoms with E-state index in [2.05, 4.69) is 31.2 Å². The summed E-state index contributed by atoms with van der Waals surface area (Å²) in [6.07, 6.45) is 4.70. The van der Waals surface area contributed by atoms with Gasteiger partial charge < -0.3 is 14.6 Å². The van der Waals surface area contributed by atoms with E-state index >= 15 is 0 Å². The van der Waals surface area contributed by atoms with E-state index in [4.69, 9.17) is 4.42 Å². The molecule has 1 aliphatic rings. The summed E-state index contributed by atoms with van der Waals surface area (Å²) in [5.41, 5.74) is 2.10. The highest BCUT2D eigenvalue weighted by atomic mass is 16.4. The monoisotopic (exact) mass is 415 g/mol. The maximum absolute atomic E-state index is 11.8. The van der Waals surface area contributed by atoms with Crippen LogP contribution in [0.4, 0.5) is 11.5 Å². The van der Waals surface area contributed by atoms with Gasteiger partial charge in [0.15, 0.2) is 5.82 Å². The molecule has 1 aromatic carbocycles. The Morgan fingerprint density at radius 2 is 1.84 bits per heavy atom. The summed E-state index contributed by atoms with van der Waals surface area (Å²) in [5, 5.41) is 5.47. The van der Waals surface area contributed by atoms with Crippen LogP contribution in [-0.2, 0) is 0 Å². The molecule has 3 aromatic heterocycles. The molecule has 7 nitrogen and oxygen atoms in total. The molecule has 1 N–H and O–H groups in total. The Hall–Kier alpha value is -3.45. The second-order valence-electron chi connectivity index (χ2n) is 7.79. The van der Waals surface area contributed by atoms with Crippen LogP contribution >= 0.6 is 0 Å². The van der Waals surface area contributed by atoms with E-state index in [1.807, 2.05) is 48.8 Å². The minimum atomic E-state index is -0.325. The Morgan fingerprint density at radius 3 is 2.74 bits per heavy atom. The summed E-state index contributed by atoms with van der Waals surface area (Å²) >= 11 is 0. The zero-order chi connectivity index (χ0) is 21.0. The Balaban J connectivity index is 1.14. The van der Waals surface area contributed by atoms with Crippen molar-refractivity contribution < 1.29 is 4.42 Å². The lowest BCUT2D eigenvalue weighted by Gasteiger charge is -2.35. The number of benzene rings is 1. The van der Waals surface area contributed by atoms with E-state index in [0.717, 1.165) is 73.5 Å². The second-order valence-corrected chi connectivity index (χ2v) is 7.79. The van der Waals surface area contributed by atoms with Crippen molar-refractivity contribution in [2.75, 3.05) is 49.5 Å². The summed E-state index contributed by atoms with van der Waals surface area (Å²) in [6.45, 7) is 5.72. The number of hydrogen-bond acceptors (Lipinski definition) is 7. The number of piperazine rings is 1. The lowest BCUT2D eigenvalue weighted by molar-refractivity contribution is 0.257. The highest BCUT2D eigenvalue weighted by molar-refractivity contribution is 5.89. The normalized spacial score (nSPS) is 14.9. The number of rotatable bonds is 6. The van der Waals surface area contributed by atoms with Crippen LogP contribution in [0.5, 0.6) is 0 Å². The maximum Gasteiger partial charge on any atom is 0.338 e. The molecule has 7 heteroatoms. The molecule has 31 heavy (non-hydrogen) atoms. The number of hydrogen-bond donors (Lipinski definition) is 1. The average Bonchev–Trinajstić information content (AvgIpc) is 2.82. The standard InChI is InChI=1S/C24H25N5O2/c30-22-17-20(19-6-1-2-7-21(19)31-22)25-10-4-12-28-13-15-29(16-14-28)24-23-18(8-11-27-24)5-3-9-26-23/h1-3,5-9,11,17,25H,4,10,12-16H2. The van der Waals surface area contributed by atoms with Gasteiger partial charge in [-0.15, -0.1) is 0 Å². The van der Waals surface area contributed by atoms with E-state index in [0.29, 0.717) is 5.58 Å². The van der Waals surface area contributed by atoms with Crippen LogP contribution in [0.25, 0.3) is 21.9 Å². The maximum atomic E-state index is 11.8. The van der Waals surface area contributed by atoms with Crippen LogP contribution in [0.1, 0.15) is 6.42 Å². The zero-order valence-electron chi connectivity index (χ0n) is 17.3. The fraction of sp³-hybridized carbons (Fsp3) is 0.292. The number of para-hydroxylation sites is 1. The van der Waals surface area contributed by atoms with Gasteiger partial charge in [0.25, 0.3) is 0 Å². The summed E-state index contributed by atoms with van der Waals surface area (Å²) in [5.74, 6) is 0.981. The smallest absolute Gasteiger partial charge is 0.338 e. The summed E-state index contributed by atoms with van der Waals surface area (Å²) in [6, 6.07) is 15.2. The van der Waals surface area contributed by atoms with Gasteiger partial charge in [-0.2, -0.15) is 0 Å². The van der Waals surface area contributed by atoms with Gasteiger partial charge in [0.1, 0.15) is 11.1 Å². The van der Waals surface area contributed by atoms with Gasteiger partial charge >= 0.3 is 5.63 Å². The Labute approximate surface area is 180 Å². The van der Waals surface area contributed by atoms with Crippen LogP contribution in [0.2, 0.25) is 0 Å². The molecule has 0 spiro atoms. The zero-order valence-corrected chi connectivity index (χ0v) is 17.3. The van der Waals surface area contributed by atoms with Gasteiger partial charge in [-0.05, 0) is 37.2 Å². The summed E-state index contributed by atoms with van der Waals surface area (Å²) < 4.78 is 5.26. The predicted molar refractivity (Wildman–Crippen MR) is 124 cm³/mol. The third-order valence-electron chi connectivity index (χ3n) is 5.79. The fourth-order valence-corrected chi connectivity index (χ4v) is 4.19. The largest absolute Gasteiger partial charge is 0.423 e. The molecule has 0 atom stereocenters. The van der Waals surface area contributed by atoms with Crippen molar-refractivity contribution in [1.29, 1.82) is 0 Å². The van der Waals surface area contributed by atoms with Gasteiger partial charge in [0.05, 0.1) is 5.69 Å². The molecule has 0 saturated carbocycles. The number of aromatic nitrogens is 2. The number of fused-ring (bicyclic) bond motifs is 2. The quantitative estimate of drug-likeness (QED) is 0.382. The van der Waals surface area contributed by atoms with Crippen LogP contribution in [0.15, 0.2) is 70.1 Å². The highest BCUT2D eigenvalue weighted by Gasteiger charge is 2.19. The van der Waals surface area contributed by atoms with Crippen molar-refractivity contribution in [2.24, 2.45) is 0 Å². The Bertz CT molecular complexity index is 1240. The van der Waals surface area contributed by atoms with E-state index < -0.39 is 0 Å². The SMILES string of the molecule is O=c1cc(NCCCN2CCN(c3nccc4cccnc34)CC2)c2ccccc2o1. The molecule has 1 saturated heterocycles. The van der Waals surface area contributed by atoms with Gasteiger partial charge in [0, 0.05) is 62.0 Å². The van der Waals surface area contributed by atoms with Gasteiger partial charge in [-0.3, -0.25) is 9.88 Å². The van der Waals surface area contributed by atoms with E-state index in [1.165, 1.54) is 6.07 Å². The molecule has 5 rings (SSSR count). The van der Waals surface area contributed by atoms with E-state index in [1.54, 1.807) is 0 Å². The molecule has 1 aliphatic heterocycles. The highest BCUT2D eigenvalue weighted by Crippen LogP contribution is 2.23. The number of anilines is 2. The van der Waals surface area contributed by atoms with Crippen molar-refractivity contribution >= 4 is 33.4 Å². The first-order valence-corrected chi connectivity index (χ1v) is 10.7. The lowest BCUT2D eigenvalue weighted by Crippen LogP contribution is -2.47. The lowest BCUT2D eigenvalue weighted by atomic mass is 10.2. The van der Waals surface area contributed by atoms with Gasteiger partial charge in [-0.25, -0.2) is 9.78 Å². The third kappa shape index (κ3) is 4.22. The molecule has 0 radical (unpaired) electrons. The van der Waals surface area contributed by atoms with E-state index in [-0.39, 0.29) is 5.63 Å². The van der Waals surface area contributed by atoms with Gasteiger partial charge in [-0.1, -0.05) is 18.2 Å². The molecule has 0 aliphatic carbocycles. The van der Waals surface area contributed by atoms with Crippen LogP contribution in [-0.4, -0.2) is 54.1 Å². The molecule has 1 fully saturated rings. The van der Waals surface area contributed by atoms with Crippen LogP contribution in [0, 0.1) is 0 Å². The number of nitrogens with one attached hydrogen (secondary N) is 1. The molecular weight excluding hydrogens is 390 g/mol. The van der Waals surface area contributed by atoms with Crippen molar-refractivity contribution in [1.82, 2.24) is 14.9 Å². The first-order valence-electron chi connectivity index (χ1n) is 10.7. The van der Waals surface area contributed by atoms with Crippen molar-refractivity contribution in [3.05, 3.63) is 71.3 Å². The first-order chi connectivity index (χ1) is 15.3. The fourth-order valence-electron chi connectivity index (χ4n) is 4.19. The topological polar surface area (TPSA) is 74.5 Å². The van der Waals surface area contributed by atoms with Crippen LogP contribution in [0.3, 0.4) is 0 Å². The minimum absolute atomic E-state index is 0.325. The Kier molecular flexibility index (Phi) is 5.50. The molecule has 0 amide bonds. The van der Waals surface area contributed by atoms with Crippen molar-refractivity contribution in [3.63, 3.8) is 0 Å². The summed E-state index contributed by atoms with van der Waals surface area (Å²) in [4.78, 5) is 25.7. The molecule has 0 bridgehead atoms. The Morgan fingerprint density at radius 1 is 0.968 bits per heavy atom. The third-order valence-corrected chi connectivity index (χ3v) is 5.79. The van der Waals surface area contributed by atoms with Crippen molar-refractivity contribution in [2.45, 2.75) is 6.42 Å². The number of nitrogens with zero attached hydrogens (tertiary/aromatic N) is 4. The summed E-state index contributed by atoms with van der Waals surface area (Å²) in [7, 11) is 0. The first kappa shape index (κ1) is 19.5. The molecule has 0 unspecified atom stereocenters. The second kappa shape index (κ2) is 8.73. The minimum Gasteiger partial charge on any atom is -0.423 e. The number of pyridine rings is 2. The van der Waals surface area contributed by atoms with Gasteiger partial charge in [0.2, 0.25) is 0 Å². The molecule has 4 heterocycles. The predicted octanol–water partition coefficient (Wildman–Crippen LogP) is 3.36. The molecular formula is C24H25N5O2. The van der Waals surface area contributed by atoms with Crippen LogP contribution < -0.4 is 15.8 Å². The van der Waals surface area contributed by atoms with Crippen molar-refractivity contribution in [3.8, 4) is 0 Å². The molecule has 4 aromatic rings. The average molecular weight is 415 g/mol. The van der Waals surface area contributed by atoms with E-state index in [9.17, 15) is 4.79 Å². The molecule has 158 valence electrons.